The van der Waals surface area contributed by atoms with Gasteiger partial charge in [-0.15, -0.1) is 0 Å². The van der Waals surface area contributed by atoms with Crippen molar-refractivity contribution in [3.8, 4) is 0 Å². The molecule has 0 unspecified atom stereocenters. The number of hydrogen-bond donors (Lipinski definition) is 2. The smallest absolute Gasteiger partial charge is 0.337 e. The van der Waals surface area contributed by atoms with Gasteiger partial charge in [0.1, 0.15) is 5.82 Å². The molecule has 17 heavy (non-hydrogen) atoms. The van der Waals surface area contributed by atoms with Crippen LogP contribution in [-0.2, 0) is 7.05 Å². The normalized spacial score (nSPS) is 10.2. The SMILES string of the molecule is Cn1ccc(Nc2ccc(F)cc2C(=O)O)n1. The van der Waals surface area contributed by atoms with Crippen molar-refractivity contribution in [2.45, 2.75) is 0 Å². The summed E-state index contributed by atoms with van der Waals surface area (Å²) in [6.07, 6.45) is 1.71. The molecule has 88 valence electrons. The van der Waals surface area contributed by atoms with Crippen molar-refractivity contribution >= 4 is 17.5 Å². The second-order valence-corrected chi connectivity index (χ2v) is 3.49. The number of carboxylic acid groups (broad SMARTS) is 1. The summed E-state index contributed by atoms with van der Waals surface area (Å²) in [5.41, 5.74) is 0.174. The largest absolute Gasteiger partial charge is 0.478 e. The molecule has 0 aliphatic heterocycles. The number of aromatic nitrogens is 2. The standard InChI is InChI=1S/C11H10FN3O2/c1-15-5-4-10(14-15)13-9-3-2-7(12)6-8(9)11(16)17/h2-6H,1H3,(H,13,14)(H,16,17). The van der Waals surface area contributed by atoms with Crippen molar-refractivity contribution in [2.75, 3.05) is 5.32 Å². The van der Waals surface area contributed by atoms with E-state index in [1.807, 2.05) is 0 Å². The first-order valence-electron chi connectivity index (χ1n) is 4.86. The van der Waals surface area contributed by atoms with Gasteiger partial charge >= 0.3 is 5.97 Å². The fraction of sp³-hybridized carbons (Fsp3) is 0.0909. The maximum Gasteiger partial charge on any atom is 0.337 e. The molecule has 0 aliphatic carbocycles. The Balaban J connectivity index is 2.35. The van der Waals surface area contributed by atoms with Crippen molar-refractivity contribution in [3.63, 3.8) is 0 Å². The minimum absolute atomic E-state index is 0.129. The summed E-state index contributed by atoms with van der Waals surface area (Å²) in [7, 11) is 1.74. The summed E-state index contributed by atoms with van der Waals surface area (Å²) < 4.78 is 14.5. The van der Waals surface area contributed by atoms with Gasteiger partial charge in [0.05, 0.1) is 11.3 Å². The van der Waals surface area contributed by atoms with E-state index in [0.717, 1.165) is 6.07 Å². The molecule has 1 heterocycles. The van der Waals surface area contributed by atoms with E-state index in [0.29, 0.717) is 11.5 Å². The van der Waals surface area contributed by atoms with E-state index in [1.54, 1.807) is 24.0 Å². The third-order valence-electron chi connectivity index (χ3n) is 2.19. The van der Waals surface area contributed by atoms with Crippen LogP contribution in [0.25, 0.3) is 0 Å². The molecule has 0 radical (unpaired) electrons. The number of rotatable bonds is 3. The second-order valence-electron chi connectivity index (χ2n) is 3.49. The van der Waals surface area contributed by atoms with Gasteiger partial charge in [-0.2, -0.15) is 5.10 Å². The molecule has 1 aromatic carbocycles. The van der Waals surface area contributed by atoms with E-state index in [1.165, 1.54) is 12.1 Å². The van der Waals surface area contributed by atoms with Gasteiger partial charge in [-0.3, -0.25) is 4.68 Å². The Morgan fingerprint density at radius 2 is 2.24 bits per heavy atom. The van der Waals surface area contributed by atoms with Gasteiger partial charge in [-0.05, 0) is 18.2 Å². The van der Waals surface area contributed by atoms with Gasteiger partial charge in [0, 0.05) is 19.3 Å². The summed E-state index contributed by atoms with van der Waals surface area (Å²) in [4.78, 5) is 10.9. The molecule has 0 fully saturated rings. The molecule has 0 aliphatic rings. The Morgan fingerprint density at radius 1 is 1.47 bits per heavy atom. The Hall–Kier alpha value is -2.37. The lowest BCUT2D eigenvalue weighted by Crippen LogP contribution is -2.04. The number of carbonyl (C=O) groups is 1. The summed E-state index contributed by atoms with van der Waals surface area (Å²) in [5.74, 6) is -1.28. The molecule has 0 saturated carbocycles. The van der Waals surface area contributed by atoms with Crippen molar-refractivity contribution in [1.82, 2.24) is 9.78 Å². The van der Waals surface area contributed by atoms with Crippen molar-refractivity contribution in [1.29, 1.82) is 0 Å². The first-order chi connectivity index (χ1) is 8.06. The molecule has 0 atom stereocenters. The monoisotopic (exact) mass is 235 g/mol. The fourth-order valence-corrected chi connectivity index (χ4v) is 1.42. The average molecular weight is 235 g/mol. The first-order valence-corrected chi connectivity index (χ1v) is 4.86. The highest BCUT2D eigenvalue weighted by Gasteiger charge is 2.12. The molecular formula is C11H10FN3O2. The molecular weight excluding hydrogens is 225 g/mol. The van der Waals surface area contributed by atoms with Gasteiger partial charge in [0.25, 0.3) is 0 Å². The number of nitrogens with zero attached hydrogens (tertiary/aromatic N) is 2. The van der Waals surface area contributed by atoms with Gasteiger partial charge < -0.3 is 10.4 Å². The molecule has 1 aromatic heterocycles. The highest BCUT2D eigenvalue weighted by Crippen LogP contribution is 2.20. The Kier molecular flexibility index (Phi) is 2.78. The van der Waals surface area contributed by atoms with E-state index in [2.05, 4.69) is 10.4 Å². The Bertz CT molecular complexity index is 566. The van der Waals surface area contributed by atoms with Crippen LogP contribution in [0.1, 0.15) is 10.4 Å². The zero-order chi connectivity index (χ0) is 12.4. The molecule has 0 spiro atoms. The minimum atomic E-state index is -1.19. The first kappa shape index (κ1) is 11.1. The molecule has 2 aromatic rings. The number of carboxylic acids is 1. The zero-order valence-corrected chi connectivity index (χ0v) is 9.01. The van der Waals surface area contributed by atoms with Crippen LogP contribution < -0.4 is 5.32 Å². The van der Waals surface area contributed by atoms with Gasteiger partial charge in [-0.1, -0.05) is 0 Å². The Labute approximate surface area is 96.5 Å². The second kappa shape index (κ2) is 4.25. The van der Waals surface area contributed by atoms with Crippen LogP contribution in [0.4, 0.5) is 15.9 Å². The predicted octanol–water partition coefficient (Wildman–Crippen LogP) is 2.00. The van der Waals surface area contributed by atoms with E-state index in [-0.39, 0.29) is 5.56 Å². The van der Waals surface area contributed by atoms with Gasteiger partial charge in [0.15, 0.2) is 5.82 Å². The van der Waals surface area contributed by atoms with Crippen LogP contribution >= 0.6 is 0 Å². The summed E-state index contributed by atoms with van der Waals surface area (Å²) in [5, 5.41) is 15.8. The van der Waals surface area contributed by atoms with E-state index < -0.39 is 11.8 Å². The minimum Gasteiger partial charge on any atom is -0.478 e. The van der Waals surface area contributed by atoms with Crippen molar-refractivity contribution < 1.29 is 14.3 Å². The van der Waals surface area contributed by atoms with Gasteiger partial charge in [-0.25, -0.2) is 9.18 Å². The number of aryl methyl sites for hydroxylation is 1. The molecule has 0 amide bonds. The predicted molar refractivity (Wildman–Crippen MR) is 59.9 cm³/mol. The topological polar surface area (TPSA) is 67.2 Å². The molecule has 2 rings (SSSR count). The van der Waals surface area contributed by atoms with E-state index in [9.17, 15) is 9.18 Å². The molecule has 2 N–H and O–H groups in total. The lowest BCUT2D eigenvalue weighted by atomic mass is 10.1. The number of halogens is 1. The molecule has 0 bridgehead atoms. The molecule has 0 saturated heterocycles. The summed E-state index contributed by atoms with van der Waals surface area (Å²) in [6.45, 7) is 0. The lowest BCUT2D eigenvalue weighted by molar-refractivity contribution is 0.0697. The number of benzene rings is 1. The zero-order valence-electron chi connectivity index (χ0n) is 9.01. The summed E-state index contributed by atoms with van der Waals surface area (Å²) in [6, 6.07) is 5.22. The van der Waals surface area contributed by atoms with Crippen LogP contribution in [0.15, 0.2) is 30.5 Å². The number of anilines is 2. The lowest BCUT2D eigenvalue weighted by Gasteiger charge is -2.06. The average Bonchev–Trinajstić information content (AvgIpc) is 2.66. The maximum atomic E-state index is 12.9. The van der Waals surface area contributed by atoms with Crippen LogP contribution in [0.5, 0.6) is 0 Å². The summed E-state index contributed by atoms with van der Waals surface area (Å²) >= 11 is 0. The highest BCUT2D eigenvalue weighted by molar-refractivity contribution is 5.95. The van der Waals surface area contributed by atoms with E-state index in [4.69, 9.17) is 5.11 Å². The highest BCUT2D eigenvalue weighted by atomic mass is 19.1. The fourth-order valence-electron chi connectivity index (χ4n) is 1.42. The van der Waals surface area contributed by atoms with Crippen LogP contribution in [0.3, 0.4) is 0 Å². The molecule has 5 nitrogen and oxygen atoms in total. The van der Waals surface area contributed by atoms with Crippen LogP contribution in [-0.4, -0.2) is 20.9 Å². The van der Waals surface area contributed by atoms with Crippen molar-refractivity contribution in [3.05, 3.63) is 41.8 Å². The van der Waals surface area contributed by atoms with Gasteiger partial charge in [0.2, 0.25) is 0 Å². The third-order valence-corrected chi connectivity index (χ3v) is 2.19. The number of hydrogen-bond acceptors (Lipinski definition) is 3. The van der Waals surface area contributed by atoms with Crippen molar-refractivity contribution in [2.24, 2.45) is 7.05 Å². The number of aromatic carboxylic acids is 1. The molecule has 6 heteroatoms. The van der Waals surface area contributed by atoms with Crippen LogP contribution in [0.2, 0.25) is 0 Å². The van der Waals surface area contributed by atoms with Crippen LogP contribution in [0, 0.1) is 5.82 Å². The van der Waals surface area contributed by atoms with E-state index >= 15 is 0 Å². The quantitative estimate of drug-likeness (QED) is 0.853. The Morgan fingerprint density at radius 3 is 2.82 bits per heavy atom. The number of nitrogens with one attached hydrogen (secondary N) is 1. The third kappa shape index (κ3) is 2.41. The maximum absolute atomic E-state index is 12.9.